The predicted molar refractivity (Wildman–Crippen MR) is 170 cm³/mol. The van der Waals surface area contributed by atoms with Crippen molar-refractivity contribution in [1.82, 2.24) is 5.32 Å². The maximum atomic E-state index is 14.6. The zero-order valence-electron chi connectivity index (χ0n) is 28.7. The number of fused-ring (bicyclic) bond motifs is 8. The highest BCUT2D eigenvalue weighted by molar-refractivity contribution is 6.30. The lowest BCUT2D eigenvalue weighted by molar-refractivity contribution is -0.345. The smallest absolute Gasteiger partial charge is 0.228 e. The molecule has 3 aliphatic heterocycles. The Morgan fingerprint density at radius 3 is 2.26 bits per heavy atom. The highest BCUT2D eigenvalue weighted by Crippen LogP contribution is 2.53. The van der Waals surface area contributed by atoms with Crippen molar-refractivity contribution < 1.29 is 68.6 Å². The number of phenolic OH excluding ortho intramolecular Hbond substituents is 1. The summed E-state index contributed by atoms with van der Waals surface area (Å²) < 4.78 is 35.6. The molecule has 2 fully saturated rings. The Labute approximate surface area is 287 Å². The number of nitrogens with one attached hydrogen (secondary N) is 1. The molecule has 0 amide bonds. The Hall–Kier alpha value is -3.06. The second kappa shape index (κ2) is 11.7. The number of likely N-dealkylation sites (N-methyl/N-ethyl adjacent to an activating group) is 1. The van der Waals surface area contributed by atoms with E-state index in [1.54, 1.807) is 14.0 Å². The number of phenols is 1. The van der Waals surface area contributed by atoms with Crippen LogP contribution in [-0.4, -0.2) is 130 Å². The number of hydrogen-bond acceptors (Lipinski definition) is 15. The van der Waals surface area contributed by atoms with Crippen LogP contribution >= 0.6 is 0 Å². The van der Waals surface area contributed by atoms with Gasteiger partial charge in [0.05, 0.1) is 28.9 Å². The average molecular weight is 702 g/mol. The molecule has 15 nitrogen and oxygen atoms in total. The van der Waals surface area contributed by atoms with Crippen molar-refractivity contribution in [3.05, 3.63) is 57.1 Å². The molecule has 15 heteroatoms. The fourth-order valence-corrected chi connectivity index (χ4v) is 8.59. The van der Waals surface area contributed by atoms with Crippen LogP contribution in [0, 0.1) is 0 Å². The number of benzene rings is 2. The summed E-state index contributed by atoms with van der Waals surface area (Å²) in [4.78, 5) is 28.7. The number of methoxy groups -OCH3 is 2. The van der Waals surface area contributed by atoms with Crippen LogP contribution in [-0.2, 0) is 35.7 Å². The fourth-order valence-electron chi connectivity index (χ4n) is 8.59. The minimum Gasteiger partial charge on any atom is -0.507 e. The number of carbonyl (C=O) groups is 2. The summed E-state index contributed by atoms with van der Waals surface area (Å²) >= 11 is 0. The molecule has 2 aromatic carbocycles. The summed E-state index contributed by atoms with van der Waals surface area (Å²) in [5, 5.41) is 70.6. The highest BCUT2D eigenvalue weighted by atomic mass is 16.7. The first-order valence-electron chi connectivity index (χ1n) is 16.5. The summed E-state index contributed by atoms with van der Waals surface area (Å²) in [6.45, 7) is 6.01. The van der Waals surface area contributed by atoms with E-state index in [0.717, 1.165) is 0 Å². The summed E-state index contributed by atoms with van der Waals surface area (Å²) in [5.41, 5.74) is -4.93. The summed E-state index contributed by atoms with van der Waals surface area (Å²) in [5.74, 6) is -2.03. The van der Waals surface area contributed by atoms with Gasteiger partial charge in [-0.15, -0.1) is 0 Å². The normalized spacial score (nSPS) is 41.8. The molecule has 0 saturated carbocycles. The van der Waals surface area contributed by atoms with Crippen molar-refractivity contribution >= 4 is 11.6 Å². The van der Waals surface area contributed by atoms with Crippen LogP contribution in [0.1, 0.15) is 82.3 Å². The van der Waals surface area contributed by atoms with Crippen molar-refractivity contribution in [3.8, 4) is 11.5 Å². The second-order valence-electron chi connectivity index (χ2n) is 14.5. The van der Waals surface area contributed by atoms with Gasteiger partial charge in [-0.05, 0) is 52.4 Å². The number of rotatable bonds is 5. The second-order valence-corrected chi connectivity index (χ2v) is 14.5. The molecule has 7 rings (SSSR count). The monoisotopic (exact) mass is 701 g/mol. The van der Waals surface area contributed by atoms with Crippen LogP contribution < -0.4 is 10.1 Å². The molecule has 2 aliphatic carbocycles. The zero-order valence-corrected chi connectivity index (χ0v) is 28.7. The fraction of sp³-hybridized carbons (Fsp3) is 0.600. The Balaban J connectivity index is 1.37. The number of aromatic hydroxyl groups is 1. The van der Waals surface area contributed by atoms with Gasteiger partial charge in [-0.1, -0.05) is 6.07 Å². The molecule has 5 aliphatic rings. The Morgan fingerprint density at radius 1 is 0.940 bits per heavy atom. The number of hydrogen-bond donors (Lipinski definition) is 7. The van der Waals surface area contributed by atoms with E-state index in [2.05, 4.69) is 5.32 Å². The van der Waals surface area contributed by atoms with Crippen LogP contribution in [0.2, 0.25) is 0 Å². The van der Waals surface area contributed by atoms with Gasteiger partial charge in [0.25, 0.3) is 0 Å². The molecule has 7 N–H and O–H groups in total. The first kappa shape index (κ1) is 35.3. The SMILES string of the molecule is CN[C@H]1[C@H](O)[C@H]2Oc3c(ccc4c3C(=O)c3c(cc5c(c3O)[C@@H](OC3OC(C)C(O)C(C)(O)C3OC)[C@@H](OC)[C@](C)(O)C5)C4=O)[C@](C)(O2)[C@H]1O. The molecule has 2 aromatic rings. The van der Waals surface area contributed by atoms with Gasteiger partial charge in [0.2, 0.25) is 12.1 Å². The van der Waals surface area contributed by atoms with E-state index in [4.69, 9.17) is 28.4 Å². The first-order valence-corrected chi connectivity index (χ1v) is 16.5. The molecule has 5 unspecified atom stereocenters. The zero-order chi connectivity index (χ0) is 36.4. The molecular formula is C35H43NO14. The molecule has 272 valence electrons. The summed E-state index contributed by atoms with van der Waals surface area (Å²) in [6.07, 6.45) is -11.4. The maximum absolute atomic E-state index is 14.6. The van der Waals surface area contributed by atoms with E-state index in [1.165, 1.54) is 53.2 Å². The van der Waals surface area contributed by atoms with E-state index in [1.807, 2.05) is 0 Å². The van der Waals surface area contributed by atoms with Gasteiger partial charge >= 0.3 is 0 Å². The Kier molecular flexibility index (Phi) is 8.29. The first-order chi connectivity index (χ1) is 23.4. The predicted octanol–water partition coefficient (Wildman–Crippen LogP) is -0.307. The van der Waals surface area contributed by atoms with Gasteiger partial charge in [-0.25, -0.2) is 0 Å². The lowest BCUT2D eigenvalue weighted by Crippen LogP contribution is -2.68. The number of aliphatic hydroxyl groups excluding tert-OH is 3. The van der Waals surface area contributed by atoms with Crippen molar-refractivity contribution in [2.45, 2.75) is 112 Å². The van der Waals surface area contributed by atoms with Crippen LogP contribution in [0.4, 0.5) is 0 Å². The minimum absolute atomic E-state index is 0.0169. The van der Waals surface area contributed by atoms with Gasteiger partial charge in [-0.2, -0.15) is 0 Å². The molecule has 50 heavy (non-hydrogen) atoms. The van der Waals surface area contributed by atoms with Crippen LogP contribution in [0.15, 0.2) is 18.2 Å². The molecule has 0 spiro atoms. The van der Waals surface area contributed by atoms with Gasteiger partial charge < -0.3 is 64.4 Å². The van der Waals surface area contributed by atoms with Gasteiger partial charge in [0.15, 0.2) is 12.1 Å². The molecule has 2 saturated heterocycles. The van der Waals surface area contributed by atoms with Gasteiger partial charge in [0, 0.05) is 42.9 Å². The highest BCUT2D eigenvalue weighted by Gasteiger charge is 2.59. The summed E-state index contributed by atoms with van der Waals surface area (Å²) in [7, 11) is 4.21. The van der Waals surface area contributed by atoms with E-state index < -0.39 is 95.5 Å². The number of ether oxygens (including phenoxy) is 6. The minimum atomic E-state index is -1.84. The molecule has 3 heterocycles. The molecule has 13 atom stereocenters. The summed E-state index contributed by atoms with van der Waals surface area (Å²) in [6, 6.07) is 3.58. The number of aliphatic hydroxyl groups is 5. The van der Waals surface area contributed by atoms with Crippen molar-refractivity contribution in [2.75, 3.05) is 21.3 Å². The third kappa shape index (κ3) is 4.70. The van der Waals surface area contributed by atoms with Crippen LogP contribution in [0.5, 0.6) is 11.5 Å². The lowest BCUT2D eigenvalue weighted by atomic mass is 9.71. The average Bonchev–Trinajstić information content (AvgIpc) is 3.04. The largest absolute Gasteiger partial charge is 0.507 e. The van der Waals surface area contributed by atoms with E-state index in [0.29, 0.717) is 5.56 Å². The van der Waals surface area contributed by atoms with Crippen molar-refractivity contribution in [3.63, 3.8) is 0 Å². The molecule has 2 bridgehead atoms. The van der Waals surface area contributed by atoms with E-state index in [9.17, 15) is 40.2 Å². The van der Waals surface area contributed by atoms with Crippen molar-refractivity contribution in [1.29, 1.82) is 0 Å². The number of ketones is 2. The number of carbonyl (C=O) groups excluding carboxylic acids is 2. The van der Waals surface area contributed by atoms with Crippen LogP contribution in [0.25, 0.3) is 0 Å². The molecule has 0 radical (unpaired) electrons. The Morgan fingerprint density at radius 2 is 1.62 bits per heavy atom. The van der Waals surface area contributed by atoms with Crippen LogP contribution in [0.3, 0.4) is 0 Å². The van der Waals surface area contributed by atoms with Crippen molar-refractivity contribution in [2.24, 2.45) is 0 Å². The quantitative estimate of drug-likeness (QED) is 0.181. The standard InChI is InChI=1S/C35H43NO14/c1-12-27(41)34(3,44)30(46-7)32(47-12)49-26-17-13(11-33(2,43)29(26)45-6)10-15-18(22(17)38)23(39)19-14(21(15)37)8-9-16-25(19)48-31-24(40)20(36-5)28(42)35(16,4)50-31/h8-10,12,20,24,26-32,36,38,40-44H,11H2,1-7H3/t12?,20-,24-,26+,27?,28-,29+,30?,31-,32?,33+,34?,35-/m0/s1. The maximum Gasteiger partial charge on any atom is 0.228 e. The van der Waals surface area contributed by atoms with Gasteiger partial charge in [-0.3, -0.25) is 9.59 Å². The molecular weight excluding hydrogens is 658 g/mol. The van der Waals surface area contributed by atoms with Gasteiger partial charge in [0.1, 0.15) is 59.3 Å². The third-order valence-electron chi connectivity index (χ3n) is 11.3. The molecule has 0 aromatic heterocycles. The third-order valence-corrected chi connectivity index (χ3v) is 11.3. The van der Waals surface area contributed by atoms with E-state index >= 15 is 0 Å². The van der Waals surface area contributed by atoms with E-state index in [-0.39, 0.29) is 45.6 Å². The lowest BCUT2D eigenvalue weighted by Gasteiger charge is -2.52. The topological polar surface area (TPSA) is 223 Å². The Bertz CT molecular complexity index is 1760.